The molecule has 1 unspecified atom stereocenters. The third-order valence-corrected chi connectivity index (χ3v) is 4.79. The number of alkyl halides is 3. The summed E-state index contributed by atoms with van der Waals surface area (Å²) < 4.78 is 43.5. The van der Waals surface area contributed by atoms with Crippen LogP contribution in [0.2, 0.25) is 0 Å². The molecule has 0 aromatic heterocycles. The number of carbonyl (C=O) groups is 2. The lowest BCUT2D eigenvalue weighted by molar-refractivity contribution is -0.384. The van der Waals surface area contributed by atoms with Crippen LogP contribution in [0.5, 0.6) is 5.75 Å². The molecule has 3 N–H and O–H groups in total. The summed E-state index contributed by atoms with van der Waals surface area (Å²) in [6.07, 6.45) is -4.53. The average Bonchev–Trinajstić information content (AvgIpc) is 2.82. The van der Waals surface area contributed by atoms with E-state index in [1.54, 1.807) is 30.3 Å². The van der Waals surface area contributed by atoms with E-state index in [0.29, 0.717) is 5.56 Å². The number of nitro benzene ring substituents is 1. The van der Waals surface area contributed by atoms with Gasteiger partial charge in [-0.3, -0.25) is 14.9 Å². The van der Waals surface area contributed by atoms with E-state index in [2.05, 4.69) is 16.0 Å². The van der Waals surface area contributed by atoms with Crippen molar-refractivity contribution >= 4 is 29.0 Å². The predicted molar refractivity (Wildman–Crippen MR) is 121 cm³/mol. The van der Waals surface area contributed by atoms with Gasteiger partial charge in [0.15, 0.2) is 0 Å². The molecule has 0 aliphatic rings. The first-order valence-corrected chi connectivity index (χ1v) is 10.0. The molecule has 1 atom stereocenters. The first-order chi connectivity index (χ1) is 16.6. The molecule has 3 rings (SSSR count). The Morgan fingerprint density at radius 3 is 2.20 bits per heavy atom. The molecular formula is C23H19F3N4O5. The number of nitrogens with zero attached hydrogens (tertiary/aromatic N) is 1. The fourth-order valence-electron chi connectivity index (χ4n) is 3.10. The summed E-state index contributed by atoms with van der Waals surface area (Å²) in [4.78, 5) is 36.1. The largest absolute Gasteiger partial charge is 0.495 e. The second-order valence-electron chi connectivity index (χ2n) is 7.15. The van der Waals surface area contributed by atoms with Gasteiger partial charge in [-0.1, -0.05) is 30.3 Å². The summed E-state index contributed by atoms with van der Waals surface area (Å²) in [6, 6.07) is 13.4. The quantitative estimate of drug-likeness (QED) is 0.315. The van der Waals surface area contributed by atoms with E-state index < -0.39 is 34.6 Å². The number of benzene rings is 3. The lowest BCUT2D eigenvalue weighted by atomic mass is 10.1. The van der Waals surface area contributed by atoms with Crippen LogP contribution < -0.4 is 20.7 Å². The van der Waals surface area contributed by atoms with Gasteiger partial charge in [0.2, 0.25) is 0 Å². The Labute approximate surface area is 197 Å². The van der Waals surface area contributed by atoms with Gasteiger partial charge in [-0.15, -0.1) is 0 Å². The smallest absolute Gasteiger partial charge is 0.416 e. The highest BCUT2D eigenvalue weighted by atomic mass is 19.4. The molecule has 9 nitrogen and oxygen atoms in total. The number of hydrogen-bond acceptors (Lipinski definition) is 5. The van der Waals surface area contributed by atoms with E-state index in [-0.39, 0.29) is 22.8 Å². The summed E-state index contributed by atoms with van der Waals surface area (Å²) in [7, 11) is 1.31. The molecule has 0 aliphatic carbocycles. The van der Waals surface area contributed by atoms with Gasteiger partial charge in [0.05, 0.1) is 23.3 Å². The second kappa shape index (κ2) is 10.5. The van der Waals surface area contributed by atoms with Gasteiger partial charge in [0.1, 0.15) is 11.8 Å². The maximum atomic E-state index is 13.0. The van der Waals surface area contributed by atoms with Gasteiger partial charge in [-0.25, -0.2) is 4.79 Å². The molecule has 3 amide bonds. The first-order valence-electron chi connectivity index (χ1n) is 10.0. The van der Waals surface area contributed by atoms with Crippen molar-refractivity contribution in [1.82, 2.24) is 5.32 Å². The molecule has 35 heavy (non-hydrogen) atoms. The minimum atomic E-state index is -4.53. The Morgan fingerprint density at radius 2 is 1.63 bits per heavy atom. The van der Waals surface area contributed by atoms with Crippen molar-refractivity contribution in [2.75, 3.05) is 17.7 Å². The van der Waals surface area contributed by atoms with E-state index in [0.717, 1.165) is 30.3 Å². The highest BCUT2D eigenvalue weighted by molar-refractivity contribution is 6.00. The van der Waals surface area contributed by atoms with E-state index >= 15 is 0 Å². The number of ether oxygens (including phenoxy) is 1. The van der Waals surface area contributed by atoms with Crippen molar-refractivity contribution in [3.63, 3.8) is 0 Å². The number of methoxy groups -OCH3 is 1. The standard InChI is InChI=1S/C23H19F3N4O5/c1-35-19-12-11-17(30(33)34)13-18(19)28-22(32)29-20(14-5-3-2-4-6-14)21(31)27-16-9-7-15(8-10-16)23(24,25)26/h2-13,20H,1H3,(H,27,31)(H2,28,29,32). The maximum Gasteiger partial charge on any atom is 0.416 e. The molecule has 0 heterocycles. The Hall–Kier alpha value is -4.61. The number of nitro groups is 1. The van der Waals surface area contributed by atoms with Crippen molar-refractivity contribution in [3.05, 3.63) is 94.0 Å². The van der Waals surface area contributed by atoms with Gasteiger partial charge >= 0.3 is 12.2 Å². The molecular weight excluding hydrogens is 469 g/mol. The lowest BCUT2D eigenvalue weighted by Crippen LogP contribution is -2.39. The number of non-ortho nitro benzene ring substituents is 1. The van der Waals surface area contributed by atoms with Crippen LogP contribution in [-0.4, -0.2) is 24.0 Å². The summed E-state index contributed by atoms with van der Waals surface area (Å²) in [6.45, 7) is 0. The van der Waals surface area contributed by atoms with Gasteiger partial charge < -0.3 is 20.7 Å². The zero-order valence-electron chi connectivity index (χ0n) is 18.1. The van der Waals surface area contributed by atoms with Crippen LogP contribution in [0, 0.1) is 10.1 Å². The van der Waals surface area contributed by atoms with Crippen LogP contribution in [0.3, 0.4) is 0 Å². The summed E-state index contributed by atoms with van der Waals surface area (Å²) >= 11 is 0. The van der Waals surface area contributed by atoms with Crippen LogP contribution in [0.15, 0.2) is 72.8 Å². The highest BCUT2D eigenvalue weighted by Crippen LogP contribution is 2.31. The van der Waals surface area contributed by atoms with Gasteiger partial charge in [0.25, 0.3) is 11.6 Å². The lowest BCUT2D eigenvalue weighted by Gasteiger charge is -2.20. The highest BCUT2D eigenvalue weighted by Gasteiger charge is 2.30. The van der Waals surface area contributed by atoms with E-state index in [9.17, 15) is 32.9 Å². The Kier molecular flexibility index (Phi) is 7.54. The predicted octanol–water partition coefficient (Wildman–Crippen LogP) is 5.12. The third kappa shape index (κ3) is 6.47. The van der Waals surface area contributed by atoms with Crippen LogP contribution in [0.25, 0.3) is 0 Å². The monoisotopic (exact) mass is 488 g/mol. The van der Waals surface area contributed by atoms with Crippen molar-refractivity contribution in [1.29, 1.82) is 0 Å². The average molecular weight is 488 g/mol. The fraction of sp³-hybridized carbons (Fsp3) is 0.130. The van der Waals surface area contributed by atoms with Crippen LogP contribution in [-0.2, 0) is 11.0 Å². The van der Waals surface area contributed by atoms with Crippen molar-refractivity contribution in [3.8, 4) is 5.75 Å². The van der Waals surface area contributed by atoms with Gasteiger partial charge in [-0.2, -0.15) is 13.2 Å². The second-order valence-corrected chi connectivity index (χ2v) is 7.15. The zero-order chi connectivity index (χ0) is 25.6. The molecule has 3 aromatic rings. The van der Waals surface area contributed by atoms with Gasteiger partial charge in [-0.05, 0) is 35.9 Å². The zero-order valence-corrected chi connectivity index (χ0v) is 18.1. The summed E-state index contributed by atoms with van der Waals surface area (Å²) in [5.74, 6) is -0.576. The Bertz CT molecular complexity index is 1220. The summed E-state index contributed by atoms with van der Waals surface area (Å²) in [5, 5.41) is 18.4. The fourth-order valence-corrected chi connectivity index (χ4v) is 3.10. The summed E-state index contributed by atoms with van der Waals surface area (Å²) in [5.41, 5.74) is -0.696. The van der Waals surface area contributed by atoms with Crippen LogP contribution >= 0.6 is 0 Å². The van der Waals surface area contributed by atoms with Crippen molar-refractivity contribution < 1.29 is 32.4 Å². The minimum absolute atomic E-state index is 0.00541. The van der Waals surface area contributed by atoms with Crippen molar-refractivity contribution in [2.24, 2.45) is 0 Å². The molecule has 3 aromatic carbocycles. The van der Waals surface area contributed by atoms with Crippen LogP contribution in [0.1, 0.15) is 17.2 Å². The molecule has 0 fully saturated rings. The number of rotatable bonds is 7. The molecule has 182 valence electrons. The number of urea groups is 1. The number of amides is 3. The normalized spacial score (nSPS) is 11.8. The Morgan fingerprint density at radius 1 is 0.971 bits per heavy atom. The molecule has 0 bridgehead atoms. The number of halogens is 3. The van der Waals surface area contributed by atoms with Crippen molar-refractivity contribution in [2.45, 2.75) is 12.2 Å². The number of anilines is 2. The number of nitrogens with one attached hydrogen (secondary N) is 3. The van der Waals surface area contributed by atoms with Crippen LogP contribution in [0.4, 0.5) is 35.0 Å². The minimum Gasteiger partial charge on any atom is -0.495 e. The Balaban J connectivity index is 1.81. The van der Waals surface area contributed by atoms with Gasteiger partial charge in [0, 0.05) is 17.8 Å². The molecule has 0 saturated carbocycles. The van der Waals surface area contributed by atoms with E-state index in [1.165, 1.54) is 19.2 Å². The van der Waals surface area contributed by atoms with E-state index in [1.807, 2.05) is 0 Å². The number of carbonyl (C=O) groups excluding carboxylic acids is 2. The number of hydrogen-bond donors (Lipinski definition) is 3. The molecule has 0 aliphatic heterocycles. The molecule has 12 heteroatoms. The topological polar surface area (TPSA) is 123 Å². The first kappa shape index (κ1) is 25.0. The van der Waals surface area contributed by atoms with E-state index in [4.69, 9.17) is 4.74 Å². The molecule has 0 saturated heterocycles. The maximum absolute atomic E-state index is 13.0. The SMILES string of the molecule is COc1ccc([N+](=O)[O-])cc1NC(=O)NC(C(=O)Nc1ccc(C(F)(F)F)cc1)c1ccccc1. The third-order valence-electron chi connectivity index (χ3n) is 4.79. The molecule has 0 radical (unpaired) electrons. The molecule has 0 spiro atoms.